The van der Waals surface area contributed by atoms with Crippen LogP contribution in [0.2, 0.25) is 0 Å². The number of thioether (sulfide) groups is 1. The fourth-order valence-electron chi connectivity index (χ4n) is 2.47. The zero-order valence-electron chi connectivity index (χ0n) is 16.2. The number of nitrogens with two attached hydrogens (primary N) is 1. The first-order valence-electron chi connectivity index (χ1n) is 8.75. The van der Waals surface area contributed by atoms with E-state index in [0.717, 1.165) is 15.5 Å². The quantitative estimate of drug-likeness (QED) is 0.568. The van der Waals surface area contributed by atoms with Crippen LogP contribution in [0.15, 0.2) is 28.5 Å². The summed E-state index contributed by atoms with van der Waals surface area (Å²) in [5.74, 6) is -1.01. The van der Waals surface area contributed by atoms with Crippen LogP contribution in [0, 0.1) is 19.8 Å². The van der Waals surface area contributed by atoms with Crippen molar-refractivity contribution in [1.29, 1.82) is 0 Å². The molecule has 0 radical (unpaired) electrons. The van der Waals surface area contributed by atoms with E-state index in [2.05, 4.69) is 15.6 Å². The normalized spacial score (nSPS) is 11.9. The van der Waals surface area contributed by atoms with E-state index in [1.54, 1.807) is 19.1 Å². The summed E-state index contributed by atoms with van der Waals surface area (Å²) in [7, 11) is 0. The summed E-state index contributed by atoms with van der Waals surface area (Å²) >= 11 is 2.56. The van der Waals surface area contributed by atoms with Crippen molar-refractivity contribution in [2.24, 2.45) is 11.7 Å². The predicted molar refractivity (Wildman–Crippen MR) is 113 cm³/mol. The zero-order valence-corrected chi connectivity index (χ0v) is 17.9. The lowest BCUT2D eigenvalue weighted by molar-refractivity contribution is -0.119. The molecule has 7 nitrogen and oxygen atoms in total. The van der Waals surface area contributed by atoms with Gasteiger partial charge in [0.15, 0.2) is 5.13 Å². The summed E-state index contributed by atoms with van der Waals surface area (Å²) in [4.78, 5) is 40.6. The van der Waals surface area contributed by atoms with Crippen molar-refractivity contribution in [2.45, 2.75) is 37.9 Å². The molecule has 1 atom stereocenters. The van der Waals surface area contributed by atoms with E-state index in [1.165, 1.54) is 23.1 Å². The molecule has 0 aliphatic rings. The van der Waals surface area contributed by atoms with Crippen molar-refractivity contribution in [3.8, 4) is 0 Å². The maximum absolute atomic E-state index is 12.8. The fourth-order valence-corrected chi connectivity index (χ4v) is 4.35. The Hall–Kier alpha value is -2.39. The van der Waals surface area contributed by atoms with Crippen LogP contribution in [0.3, 0.4) is 0 Å². The summed E-state index contributed by atoms with van der Waals surface area (Å²) in [5.41, 5.74) is 7.27. The highest BCUT2D eigenvalue weighted by molar-refractivity contribution is 8.01. The average molecular weight is 421 g/mol. The van der Waals surface area contributed by atoms with Crippen molar-refractivity contribution in [1.82, 2.24) is 10.3 Å². The first kappa shape index (κ1) is 21.9. The molecule has 2 aromatic rings. The Bertz CT molecular complexity index is 880. The number of benzene rings is 1. The van der Waals surface area contributed by atoms with Crippen LogP contribution in [0.5, 0.6) is 0 Å². The van der Waals surface area contributed by atoms with Gasteiger partial charge in [0.05, 0.1) is 15.7 Å². The molecular weight excluding hydrogens is 396 g/mol. The third-order valence-corrected chi connectivity index (χ3v) is 6.41. The van der Waals surface area contributed by atoms with Crippen molar-refractivity contribution < 1.29 is 14.4 Å². The van der Waals surface area contributed by atoms with Crippen LogP contribution in [-0.2, 0) is 9.59 Å². The molecule has 9 heteroatoms. The molecule has 1 heterocycles. The second-order valence-corrected chi connectivity index (χ2v) is 8.89. The Kier molecular flexibility index (Phi) is 7.59. The first-order chi connectivity index (χ1) is 13.2. The number of carbonyl (C=O) groups excluding carboxylic acids is 3. The monoisotopic (exact) mass is 420 g/mol. The molecule has 150 valence electrons. The highest BCUT2D eigenvalue weighted by Gasteiger charge is 2.26. The number of rotatable bonds is 8. The number of amides is 3. The Balaban J connectivity index is 2.09. The van der Waals surface area contributed by atoms with Gasteiger partial charge in [-0.05, 0) is 31.4 Å². The second kappa shape index (κ2) is 9.70. The average Bonchev–Trinajstić information content (AvgIpc) is 2.96. The highest BCUT2D eigenvalue weighted by atomic mass is 32.2. The van der Waals surface area contributed by atoms with Crippen LogP contribution < -0.4 is 16.4 Å². The number of anilines is 1. The van der Waals surface area contributed by atoms with Gasteiger partial charge in [-0.2, -0.15) is 0 Å². The molecule has 0 saturated carbocycles. The third-order valence-electron chi connectivity index (χ3n) is 3.96. The van der Waals surface area contributed by atoms with Gasteiger partial charge in [-0.3, -0.25) is 14.4 Å². The Morgan fingerprint density at radius 3 is 2.50 bits per heavy atom. The molecule has 3 amide bonds. The Labute approximate surface area is 172 Å². The van der Waals surface area contributed by atoms with Gasteiger partial charge in [-0.1, -0.05) is 43.4 Å². The molecule has 1 aromatic carbocycles. The molecule has 0 aliphatic heterocycles. The van der Waals surface area contributed by atoms with Crippen molar-refractivity contribution in [3.63, 3.8) is 0 Å². The number of primary amides is 1. The number of nitrogens with zero attached hydrogens (tertiary/aromatic N) is 1. The highest BCUT2D eigenvalue weighted by Crippen LogP contribution is 2.32. The first-order valence-corrected chi connectivity index (χ1v) is 10.5. The number of aromatic nitrogens is 1. The van der Waals surface area contributed by atoms with Gasteiger partial charge in [-0.15, -0.1) is 11.8 Å². The van der Waals surface area contributed by atoms with Gasteiger partial charge in [0.2, 0.25) is 11.8 Å². The van der Waals surface area contributed by atoms with E-state index >= 15 is 0 Å². The van der Waals surface area contributed by atoms with Crippen LogP contribution in [0.1, 0.15) is 35.5 Å². The standard InChI is InChI=1S/C19H24N4O3S2/c1-10(2)15(22-16(25)13-8-6-5-7-11(13)3)17(26)23-19-21-12(4)18(28-19)27-9-14(20)24/h5-8,10,15H,9H2,1-4H3,(H2,20,24)(H,22,25)(H,21,23,26). The number of hydrogen-bond acceptors (Lipinski definition) is 6. The number of aryl methyl sites for hydroxylation is 2. The molecule has 0 fully saturated rings. The van der Waals surface area contributed by atoms with E-state index in [4.69, 9.17) is 5.73 Å². The van der Waals surface area contributed by atoms with E-state index < -0.39 is 11.9 Å². The van der Waals surface area contributed by atoms with Crippen molar-refractivity contribution >= 4 is 46.0 Å². The lowest BCUT2D eigenvalue weighted by Gasteiger charge is -2.21. The lowest BCUT2D eigenvalue weighted by Crippen LogP contribution is -2.47. The van der Waals surface area contributed by atoms with E-state index in [9.17, 15) is 14.4 Å². The van der Waals surface area contributed by atoms with Gasteiger partial charge in [0.25, 0.3) is 5.91 Å². The largest absolute Gasteiger partial charge is 0.369 e. The number of thiazole rings is 1. The smallest absolute Gasteiger partial charge is 0.252 e. The van der Waals surface area contributed by atoms with Crippen LogP contribution >= 0.6 is 23.1 Å². The molecule has 28 heavy (non-hydrogen) atoms. The van der Waals surface area contributed by atoms with Gasteiger partial charge in [-0.25, -0.2) is 4.98 Å². The summed E-state index contributed by atoms with van der Waals surface area (Å²) in [6, 6.07) is 6.51. The number of hydrogen-bond donors (Lipinski definition) is 3. The SMILES string of the molecule is Cc1ccccc1C(=O)NC(C(=O)Nc1nc(C)c(SCC(N)=O)s1)C(C)C. The molecule has 2 rings (SSSR count). The van der Waals surface area contributed by atoms with Gasteiger partial charge < -0.3 is 16.4 Å². The molecule has 1 unspecified atom stereocenters. The lowest BCUT2D eigenvalue weighted by atomic mass is 10.0. The topological polar surface area (TPSA) is 114 Å². The summed E-state index contributed by atoms with van der Waals surface area (Å²) in [5, 5.41) is 6.00. The minimum Gasteiger partial charge on any atom is -0.369 e. The molecule has 0 bridgehead atoms. The third kappa shape index (κ3) is 5.80. The fraction of sp³-hybridized carbons (Fsp3) is 0.368. The van der Waals surface area contributed by atoms with Gasteiger partial charge in [0, 0.05) is 5.56 Å². The second-order valence-electron chi connectivity index (χ2n) is 6.65. The molecule has 0 saturated heterocycles. The van der Waals surface area contributed by atoms with Crippen molar-refractivity contribution in [3.05, 3.63) is 41.1 Å². The predicted octanol–water partition coefficient (Wildman–Crippen LogP) is 2.73. The molecule has 4 N–H and O–H groups in total. The molecule has 0 spiro atoms. The summed E-state index contributed by atoms with van der Waals surface area (Å²) in [6.07, 6.45) is 0. The molecular formula is C19H24N4O3S2. The minimum absolute atomic E-state index is 0.113. The van der Waals surface area contributed by atoms with E-state index in [-0.39, 0.29) is 23.5 Å². The van der Waals surface area contributed by atoms with E-state index in [0.29, 0.717) is 10.7 Å². The zero-order chi connectivity index (χ0) is 20.8. The van der Waals surface area contributed by atoms with Crippen LogP contribution in [0.4, 0.5) is 5.13 Å². The Morgan fingerprint density at radius 1 is 1.21 bits per heavy atom. The van der Waals surface area contributed by atoms with E-state index in [1.807, 2.05) is 32.9 Å². The molecule has 1 aromatic heterocycles. The van der Waals surface area contributed by atoms with Gasteiger partial charge in [0.1, 0.15) is 6.04 Å². The Morgan fingerprint density at radius 2 is 1.89 bits per heavy atom. The molecule has 0 aliphatic carbocycles. The van der Waals surface area contributed by atoms with Crippen LogP contribution in [0.25, 0.3) is 0 Å². The maximum atomic E-state index is 12.8. The summed E-state index contributed by atoms with van der Waals surface area (Å²) in [6.45, 7) is 7.38. The minimum atomic E-state index is -0.710. The summed E-state index contributed by atoms with van der Waals surface area (Å²) < 4.78 is 0.819. The van der Waals surface area contributed by atoms with Crippen LogP contribution in [-0.4, -0.2) is 34.5 Å². The maximum Gasteiger partial charge on any atom is 0.252 e. The van der Waals surface area contributed by atoms with Crippen molar-refractivity contribution in [2.75, 3.05) is 11.1 Å². The number of carbonyl (C=O) groups is 3. The van der Waals surface area contributed by atoms with Gasteiger partial charge >= 0.3 is 0 Å². The number of nitrogens with one attached hydrogen (secondary N) is 2.